The molecular weight excluding hydrogens is 288 g/mol. The molecule has 23 heavy (non-hydrogen) atoms. The molecule has 0 unspecified atom stereocenters. The number of carbonyl (C=O) groups excluding carboxylic acids is 1. The maximum atomic E-state index is 12.4. The zero-order valence-electron chi connectivity index (χ0n) is 12.4. The minimum atomic E-state index is 0.0304. The lowest BCUT2D eigenvalue weighted by molar-refractivity contribution is 0.103. The summed E-state index contributed by atoms with van der Waals surface area (Å²) >= 11 is 0. The van der Waals surface area contributed by atoms with Crippen LogP contribution in [-0.4, -0.2) is 12.6 Å². The van der Waals surface area contributed by atoms with E-state index in [2.05, 4.69) is 0 Å². The van der Waals surface area contributed by atoms with Crippen LogP contribution in [0.4, 0.5) is 0 Å². The van der Waals surface area contributed by atoms with Gasteiger partial charge in [-0.15, -0.1) is 0 Å². The zero-order valence-corrected chi connectivity index (χ0v) is 12.4. The van der Waals surface area contributed by atoms with Gasteiger partial charge in [-0.3, -0.25) is 4.79 Å². The number of ketones is 1. The highest BCUT2D eigenvalue weighted by atomic mass is 16.7. The monoisotopic (exact) mass is 302 g/mol. The van der Waals surface area contributed by atoms with Crippen LogP contribution in [0.2, 0.25) is 0 Å². The molecule has 0 N–H and O–H groups in total. The van der Waals surface area contributed by atoms with E-state index in [1.54, 1.807) is 0 Å². The molecule has 0 radical (unpaired) electrons. The van der Waals surface area contributed by atoms with Gasteiger partial charge in [0.2, 0.25) is 6.79 Å². The summed E-state index contributed by atoms with van der Waals surface area (Å²) in [5, 5.41) is 0. The van der Waals surface area contributed by atoms with Crippen molar-refractivity contribution >= 4 is 5.78 Å². The molecule has 0 fully saturated rings. The van der Waals surface area contributed by atoms with Gasteiger partial charge in [0.05, 0.1) is 0 Å². The number of benzene rings is 3. The highest BCUT2D eigenvalue weighted by Crippen LogP contribution is 2.35. The van der Waals surface area contributed by atoms with Crippen molar-refractivity contribution in [2.24, 2.45) is 0 Å². The minimum Gasteiger partial charge on any atom is -0.454 e. The SMILES string of the molecule is O=C(c1ccccc1)c1ccc(-c2ccc3c(c2)OCO3)cc1. The normalized spacial score (nSPS) is 12.2. The molecule has 3 aromatic rings. The summed E-state index contributed by atoms with van der Waals surface area (Å²) in [6, 6.07) is 22.8. The molecule has 0 saturated heterocycles. The lowest BCUT2D eigenvalue weighted by atomic mass is 9.99. The van der Waals surface area contributed by atoms with E-state index in [1.807, 2.05) is 72.8 Å². The second kappa shape index (κ2) is 5.61. The van der Waals surface area contributed by atoms with Crippen molar-refractivity contribution in [3.05, 3.63) is 83.9 Å². The van der Waals surface area contributed by atoms with Gasteiger partial charge in [0.15, 0.2) is 17.3 Å². The molecule has 1 aliphatic heterocycles. The minimum absolute atomic E-state index is 0.0304. The highest BCUT2D eigenvalue weighted by molar-refractivity contribution is 6.09. The maximum Gasteiger partial charge on any atom is 0.231 e. The molecule has 0 aliphatic carbocycles. The third kappa shape index (κ3) is 2.57. The number of hydrogen-bond donors (Lipinski definition) is 0. The van der Waals surface area contributed by atoms with Gasteiger partial charge in [-0.2, -0.15) is 0 Å². The predicted molar refractivity (Wildman–Crippen MR) is 87.9 cm³/mol. The number of rotatable bonds is 3. The second-order valence-corrected chi connectivity index (χ2v) is 5.34. The Bertz CT molecular complexity index is 852. The molecule has 0 amide bonds. The van der Waals surface area contributed by atoms with Crippen molar-refractivity contribution in [3.63, 3.8) is 0 Å². The van der Waals surface area contributed by atoms with Crippen LogP contribution in [0.1, 0.15) is 15.9 Å². The second-order valence-electron chi connectivity index (χ2n) is 5.34. The van der Waals surface area contributed by atoms with Gasteiger partial charge >= 0.3 is 0 Å². The summed E-state index contributed by atoms with van der Waals surface area (Å²) in [5.41, 5.74) is 3.45. The third-order valence-corrected chi connectivity index (χ3v) is 3.89. The molecule has 1 aliphatic rings. The van der Waals surface area contributed by atoms with Crippen molar-refractivity contribution in [1.82, 2.24) is 0 Å². The maximum absolute atomic E-state index is 12.4. The lowest BCUT2D eigenvalue weighted by Gasteiger charge is -2.05. The van der Waals surface area contributed by atoms with Crippen molar-refractivity contribution in [2.45, 2.75) is 0 Å². The lowest BCUT2D eigenvalue weighted by Crippen LogP contribution is -2.00. The van der Waals surface area contributed by atoms with Gasteiger partial charge in [-0.25, -0.2) is 0 Å². The molecule has 0 atom stereocenters. The topological polar surface area (TPSA) is 35.5 Å². The fraction of sp³-hybridized carbons (Fsp3) is 0.0500. The van der Waals surface area contributed by atoms with E-state index in [4.69, 9.17) is 9.47 Å². The van der Waals surface area contributed by atoms with Crippen LogP contribution in [-0.2, 0) is 0 Å². The van der Waals surface area contributed by atoms with Crippen LogP contribution in [0.15, 0.2) is 72.8 Å². The zero-order chi connectivity index (χ0) is 15.6. The van der Waals surface area contributed by atoms with Crippen LogP contribution in [0, 0.1) is 0 Å². The Balaban J connectivity index is 1.62. The summed E-state index contributed by atoms with van der Waals surface area (Å²) in [4.78, 5) is 12.4. The molecule has 112 valence electrons. The van der Waals surface area contributed by atoms with Gasteiger partial charge < -0.3 is 9.47 Å². The number of hydrogen-bond acceptors (Lipinski definition) is 3. The molecule has 1 heterocycles. The van der Waals surface area contributed by atoms with Crippen molar-refractivity contribution < 1.29 is 14.3 Å². The van der Waals surface area contributed by atoms with Gasteiger partial charge in [-0.1, -0.05) is 60.7 Å². The van der Waals surface area contributed by atoms with Gasteiger partial charge in [0.25, 0.3) is 0 Å². The highest BCUT2D eigenvalue weighted by Gasteiger charge is 2.14. The molecule has 3 nitrogen and oxygen atoms in total. The first-order valence-corrected chi connectivity index (χ1v) is 7.41. The van der Waals surface area contributed by atoms with Crippen LogP contribution in [0.3, 0.4) is 0 Å². The Morgan fingerprint density at radius 1 is 0.696 bits per heavy atom. The largest absolute Gasteiger partial charge is 0.454 e. The number of carbonyl (C=O) groups is 1. The smallest absolute Gasteiger partial charge is 0.231 e. The summed E-state index contributed by atoms with van der Waals surface area (Å²) in [5.74, 6) is 1.56. The fourth-order valence-electron chi connectivity index (χ4n) is 2.65. The Kier molecular flexibility index (Phi) is 3.31. The van der Waals surface area contributed by atoms with Crippen LogP contribution >= 0.6 is 0 Å². The van der Waals surface area contributed by atoms with Crippen LogP contribution in [0.5, 0.6) is 11.5 Å². The molecule has 0 aromatic heterocycles. The van der Waals surface area contributed by atoms with E-state index < -0.39 is 0 Å². The summed E-state index contributed by atoms with van der Waals surface area (Å²) in [6.45, 7) is 0.267. The molecule has 0 spiro atoms. The van der Waals surface area contributed by atoms with E-state index in [1.165, 1.54) is 0 Å². The first-order valence-electron chi connectivity index (χ1n) is 7.41. The molecule has 4 rings (SSSR count). The van der Waals surface area contributed by atoms with E-state index >= 15 is 0 Å². The van der Waals surface area contributed by atoms with E-state index in [0.717, 1.165) is 22.6 Å². The van der Waals surface area contributed by atoms with Gasteiger partial charge in [0, 0.05) is 11.1 Å². The predicted octanol–water partition coefficient (Wildman–Crippen LogP) is 4.31. The first kappa shape index (κ1) is 13.6. The van der Waals surface area contributed by atoms with E-state index in [9.17, 15) is 4.79 Å². The van der Waals surface area contributed by atoms with Crippen molar-refractivity contribution in [2.75, 3.05) is 6.79 Å². The fourth-order valence-corrected chi connectivity index (χ4v) is 2.65. The third-order valence-electron chi connectivity index (χ3n) is 3.89. The van der Waals surface area contributed by atoms with E-state index in [0.29, 0.717) is 11.1 Å². The molecule has 3 aromatic carbocycles. The Morgan fingerprint density at radius 3 is 2.13 bits per heavy atom. The average Bonchev–Trinajstić information content (AvgIpc) is 3.10. The van der Waals surface area contributed by atoms with Crippen molar-refractivity contribution in [3.8, 4) is 22.6 Å². The number of ether oxygens (including phenoxy) is 2. The molecule has 3 heteroatoms. The number of fused-ring (bicyclic) bond motifs is 1. The summed E-state index contributed by atoms with van der Waals surface area (Å²) in [7, 11) is 0. The Labute approximate surface area is 134 Å². The van der Waals surface area contributed by atoms with Gasteiger partial charge in [-0.05, 0) is 23.3 Å². The van der Waals surface area contributed by atoms with Crippen LogP contribution in [0.25, 0.3) is 11.1 Å². The van der Waals surface area contributed by atoms with Crippen LogP contribution < -0.4 is 9.47 Å². The van der Waals surface area contributed by atoms with E-state index in [-0.39, 0.29) is 12.6 Å². The standard InChI is InChI=1S/C20H14O3/c21-20(15-4-2-1-3-5-15)16-8-6-14(7-9-16)17-10-11-18-19(12-17)23-13-22-18/h1-12H,13H2. The molecule has 0 bridgehead atoms. The van der Waals surface area contributed by atoms with Crippen molar-refractivity contribution in [1.29, 1.82) is 0 Å². The summed E-state index contributed by atoms with van der Waals surface area (Å²) in [6.07, 6.45) is 0. The Hall–Kier alpha value is -3.07. The first-order chi connectivity index (χ1) is 11.3. The molecular formula is C20H14O3. The summed E-state index contributed by atoms with van der Waals surface area (Å²) < 4.78 is 10.7. The van der Waals surface area contributed by atoms with Gasteiger partial charge in [0.1, 0.15) is 0 Å². The molecule has 0 saturated carbocycles. The average molecular weight is 302 g/mol. The Morgan fingerprint density at radius 2 is 1.35 bits per heavy atom. The quantitative estimate of drug-likeness (QED) is 0.676.